The zero-order chi connectivity index (χ0) is 16.7. The molecule has 0 unspecified atom stereocenters. The van der Waals surface area contributed by atoms with Gasteiger partial charge >= 0.3 is 0 Å². The van der Waals surface area contributed by atoms with Gasteiger partial charge in [0.1, 0.15) is 0 Å². The van der Waals surface area contributed by atoms with E-state index in [4.69, 9.17) is 0 Å². The summed E-state index contributed by atoms with van der Waals surface area (Å²) in [5, 5.41) is 22.9. The highest BCUT2D eigenvalue weighted by Gasteiger charge is 2.68. The molecular formula is C21H36O2. The summed E-state index contributed by atoms with van der Waals surface area (Å²) in [6.45, 7) is 9.35. The quantitative estimate of drug-likeness (QED) is 0.688. The van der Waals surface area contributed by atoms with Crippen LogP contribution in [0.2, 0.25) is 0 Å². The minimum absolute atomic E-state index is 0.167. The van der Waals surface area contributed by atoms with Crippen molar-refractivity contribution in [2.45, 2.75) is 97.2 Å². The molecule has 0 bridgehead atoms. The first-order valence-corrected chi connectivity index (χ1v) is 10.1. The first-order chi connectivity index (χ1) is 10.7. The zero-order valence-corrected chi connectivity index (χ0v) is 15.6. The molecule has 0 aromatic carbocycles. The van der Waals surface area contributed by atoms with E-state index in [-0.39, 0.29) is 16.7 Å². The van der Waals surface area contributed by atoms with Crippen LogP contribution in [0.4, 0.5) is 0 Å². The Bertz CT molecular complexity index is 500. The van der Waals surface area contributed by atoms with Crippen molar-refractivity contribution in [1.29, 1.82) is 0 Å². The molecule has 132 valence electrons. The van der Waals surface area contributed by atoms with E-state index in [9.17, 15) is 10.2 Å². The minimum atomic E-state index is -0.886. The van der Waals surface area contributed by atoms with Crippen molar-refractivity contribution in [2.75, 3.05) is 0 Å². The first-order valence-electron chi connectivity index (χ1n) is 10.1. The molecule has 4 rings (SSSR count). The van der Waals surface area contributed by atoms with Crippen LogP contribution in [0.1, 0.15) is 85.5 Å². The summed E-state index contributed by atoms with van der Waals surface area (Å²) in [6.07, 6.45) is 10.3. The molecule has 0 aliphatic heterocycles. The maximum Gasteiger partial charge on any atom is 0.0989 e. The van der Waals surface area contributed by atoms with Crippen LogP contribution in [0.15, 0.2) is 0 Å². The third-order valence-electron chi connectivity index (χ3n) is 9.42. The maximum atomic E-state index is 11.7. The second kappa shape index (κ2) is 4.75. The van der Waals surface area contributed by atoms with Gasteiger partial charge in [0.05, 0.1) is 11.7 Å². The highest BCUT2D eigenvalue weighted by Crippen LogP contribution is 2.70. The molecule has 0 aromatic rings. The van der Waals surface area contributed by atoms with Gasteiger partial charge in [0.2, 0.25) is 0 Å². The molecule has 0 aromatic heterocycles. The van der Waals surface area contributed by atoms with E-state index in [1.54, 1.807) is 0 Å². The molecule has 7 atom stereocenters. The fourth-order valence-corrected chi connectivity index (χ4v) is 7.90. The van der Waals surface area contributed by atoms with Crippen LogP contribution in [0.25, 0.3) is 0 Å². The summed E-state index contributed by atoms with van der Waals surface area (Å²) in [5.41, 5.74) is -0.327. The molecule has 4 fully saturated rings. The zero-order valence-electron chi connectivity index (χ0n) is 15.6. The van der Waals surface area contributed by atoms with E-state index < -0.39 is 11.7 Å². The predicted molar refractivity (Wildman–Crippen MR) is 93.0 cm³/mol. The summed E-state index contributed by atoms with van der Waals surface area (Å²) < 4.78 is 0. The number of aliphatic hydroxyl groups is 2. The lowest BCUT2D eigenvalue weighted by Crippen LogP contribution is -2.70. The molecule has 2 nitrogen and oxygen atoms in total. The van der Waals surface area contributed by atoms with Crippen LogP contribution >= 0.6 is 0 Å². The first kappa shape index (κ1) is 16.4. The molecule has 0 saturated heterocycles. The van der Waals surface area contributed by atoms with Crippen LogP contribution in [0.3, 0.4) is 0 Å². The number of rotatable bonds is 0. The molecule has 0 heterocycles. The van der Waals surface area contributed by atoms with Gasteiger partial charge in [-0.3, -0.25) is 0 Å². The van der Waals surface area contributed by atoms with Gasteiger partial charge in [-0.1, -0.05) is 40.5 Å². The van der Waals surface area contributed by atoms with E-state index in [1.807, 2.05) is 0 Å². The van der Waals surface area contributed by atoms with Gasteiger partial charge in [-0.2, -0.15) is 0 Å². The van der Waals surface area contributed by atoms with Crippen LogP contribution in [-0.2, 0) is 0 Å². The molecule has 4 aliphatic carbocycles. The van der Waals surface area contributed by atoms with Gasteiger partial charge in [0, 0.05) is 0 Å². The maximum absolute atomic E-state index is 11.7. The van der Waals surface area contributed by atoms with Crippen molar-refractivity contribution in [3.8, 4) is 0 Å². The predicted octanol–water partition coefficient (Wildman–Crippen LogP) is 4.53. The van der Waals surface area contributed by atoms with Crippen molar-refractivity contribution in [2.24, 2.45) is 34.0 Å². The summed E-state index contributed by atoms with van der Waals surface area (Å²) in [7, 11) is 0. The average Bonchev–Trinajstić information content (AvgIpc) is 2.86. The van der Waals surface area contributed by atoms with E-state index >= 15 is 0 Å². The third-order valence-corrected chi connectivity index (χ3v) is 9.42. The van der Waals surface area contributed by atoms with Gasteiger partial charge in [0.15, 0.2) is 0 Å². The Morgan fingerprint density at radius 3 is 2.26 bits per heavy atom. The fraction of sp³-hybridized carbons (Fsp3) is 1.00. The summed E-state index contributed by atoms with van der Waals surface area (Å²) in [6, 6.07) is 0. The highest BCUT2D eigenvalue weighted by atomic mass is 16.3. The van der Waals surface area contributed by atoms with E-state index in [0.29, 0.717) is 11.3 Å². The smallest absolute Gasteiger partial charge is 0.0989 e. The van der Waals surface area contributed by atoms with Crippen molar-refractivity contribution >= 4 is 0 Å². The van der Waals surface area contributed by atoms with E-state index in [1.165, 1.54) is 38.5 Å². The Hall–Kier alpha value is -0.0800. The molecule has 2 N–H and O–H groups in total. The topological polar surface area (TPSA) is 40.5 Å². The second-order valence-electron chi connectivity index (χ2n) is 10.7. The molecule has 2 heteroatoms. The summed E-state index contributed by atoms with van der Waals surface area (Å²) >= 11 is 0. The van der Waals surface area contributed by atoms with Crippen LogP contribution in [0.5, 0.6) is 0 Å². The molecular weight excluding hydrogens is 284 g/mol. The lowest BCUT2D eigenvalue weighted by molar-refractivity contribution is -0.280. The average molecular weight is 321 g/mol. The Morgan fingerprint density at radius 1 is 0.826 bits per heavy atom. The molecule has 23 heavy (non-hydrogen) atoms. The van der Waals surface area contributed by atoms with E-state index in [0.717, 1.165) is 25.2 Å². The SMILES string of the molecule is CC1(C)CCC[C@H]2[C@]3(C)CC[C@]4(C)CCC[C@H]4[C@H]3C[C@@H](O)[C@@]21O. The molecule has 4 aliphatic rings. The standard InChI is InChI=1S/C21H36O2/c1-18(2)9-6-8-16-20(4)12-11-19(3)10-5-7-14(19)15(20)13-17(22)21(16,18)23/h14-17,22-23H,5-13H2,1-4H3/t14-,15+,16-,17+,19-,20+,21-/m0/s1. The number of hydrogen-bond donors (Lipinski definition) is 2. The molecule has 0 radical (unpaired) electrons. The van der Waals surface area contributed by atoms with Gasteiger partial charge in [-0.25, -0.2) is 0 Å². The van der Waals surface area contributed by atoms with Crippen LogP contribution in [-0.4, -0.2) is 21.9 Å². The number of hydrogen-bond acceptors (Lipinski definition) is 2. The second-order valence-corrected chi connectivity index (χ2v) is 10.7. The lowest BCUT2D eigenvalue weighted by atomic mass is 9.39. The number of fused-ring (bicyclic) bond motifs is 5. The molecule has 4 saturated carbocycles. The van der Waals surface area contributed by atoms with Crippen molar-refractivity contribution in [3.05, 3.63) is 0 Å². The van der Waals surface area contributed by atoms with Crippen molar-refractivity contribution < 1.29 is 10.2 Å². The molecule has 0 spiro atoms. The Balaban J connectivity index is 1.77. The van der Waals surface area contributed by atoms with Crippen molar-refractivity contribution in [1.82, 2.24) is 0 Å². The third kappa shape index (κ3) is 1.89. The highest BCUT2D eigenvalue weighted by molar-refractivity contribution is 5.18. The largest absolute Gasteiger partial charge is 0.390 e. The Morgan fingerprint density at radius 2 is 1.52 bits per heavy atom. The van der Waals surface area contributed by atoms with Gasteiger partial charge in [-0.05, 0) is 78.9 Å². The van der Waals surface area contributed by atoms with Crippen molar-refractivity contribution in [3.63, 3.8) is 0 Å². The summed E-state index contributed by atoms with van der Waals surface area (Å²) in [4.78, 5) is 0. The molecule has 0 amide bonds. The summed E-state index contributed by atoms with van der Waals surface area (Å²) in [5.74, 6) is 1.65. The lowest BCUT2D eigenvalue weighted by Gasteiger charge is -2.68. The Kier molecular flexibility index (Phi) is 3.39. The van der Waals surface area contributed by atoms with E-state index in [2.05, 4.69) is 27.7 Å². The normalized spacial score (nSPS) is 58.2. The number of aliphatic hydroxyl groups excluding tert-OH is 1. The van der Waals surface area contributed by atoms with Crippen LogP contribution in [0, 0.1) is 34.0 Å². The van der Waals surface area contributed by atoms with Gasteiger partial charge in [0.25, 0.3) is 0 Å². The monoisotopic (exact) mass is 320 g/mol. The fourth-order valence-electron chi connectivity index (χ4n) is 7.90. The van der Waals surface area contributed by atoms with Gasteiger partial charge in [-0.15, -0.1) is 0 Å². The van der Waals surface area contributed by atoms with Crippen LogP contribution < -0.4 is 0 Å². The van der Waals surface area contributed by atoms with Gasteiger partial charge < -0.3 is 10.2 Å². The Labute approximate surface area is 142 Å². The minimum Gasteiger partial charge on any atom is -0.390 e.